The minimum atomic E-state index is -4.54. The zero-order valence-electron chi connectivity index (χ0n) is 11.0. The zero-order valence-corrected chi connectivity index (χ0v) is 11.7. The molecular weight excluding hydrogens is 293 g/mol. The highest BCUT2D eigenvalue weighted by atomic mass is 35.5. The minimum Gasteiger partial charge on any atom is -0.385 e. The fourth-order valence-electron chi connectivity index (χ4n) is 2.52. The summed E-state index contributed by atoms with van der Waals surface area (Å²) >= 11 is 5.85. The van der Waals surface area contributed by atoms with Gasteiger partial charge in [-0.15, -0.1) is 0 Å². The number of piperidine rings is 1. The maximum absolute atomic E-state index is 12.6. The molecule has 0 spiro atoms. The molecule has 112 valence electrons. The normalized spacial score (nSPS) is 23.4. The van der Waals surface area contributed by atoms with Crippen molar-refractivity contribution >= 4 is 11.6 Å². The van der Waals surface area contributed by atoms with Crippen LogP contribution in [0.2, 0.25) is 5.15 Å². The van der Waals surface area contributed by atoms with Crippen molar-refractivity contribution in [2.45, 2.75) is 31.5 Å². The molecule has 1 aromatic rings. The number of hydrogen-bond acceptors (Lipinski definition) is 3. The highest BCUT2D eigenvalue weighted by Crippen LogP contribution is 2.38. The van der Waals surface area contributed by atoms with Crippen molar-refractivity contribution < 1.29 is 18.3 Å². The Hall–Kier alpha value is -0.850. The van der Waals surface area contributed by atoms with Gasteiger partial charge in [-0.05, 0) is 32.4 Å². The van der Waals surface area contributed by atoms with Crippen molar-refractivity contribution in [2.24, 2.45) is 5.92 Å². The Labute approximate surface area is 120 Å². The molecule has 1 aromatic heterocycles. The topological polar surface area (TPSA) is 45.2 Å². The largest absolute Gasteiger partial charge is 0.433 e. The van der Waals surface area contributed by atoms with E-state index in [0.29, 0.717) is 6.54 Å². The van der Waals surface area contributed by atoms with Crippen LogP contribution in [0.25, 0.3) is 0 Å². The Morgan fingerprint density at radius 3 is 2.60 bits per heavy atom. The maximum Gasteiger partial charge on any atom is 0.433 e. The van der Waals surface area contributed by atoms with E-state index < -0.39 is 17.5 Å². The predicted octanol–water partition coefficient (Wildman–Crippen LogP) is 2.96. The summed E-state index contributed by atoms with van der Waals surface area (Å²) in [5.74, 6) is -0.104. The summed E-state index contributed by atoms with van der Waals surface area (Å²) in [7, 11) is 0. The second kappa shape index (κ2) is 5.50. The van der Waals surface area contributed by atoms with Gasteiger partial charge in [-0.2, -0.15) is 13.2 Å². The SMILES string of the molecule is CC(O)(c1ccc(C(F)(F)F)nc1Cl)C1CCCNC1. The summed E-state index contributed by atoms with van der Waals surface area (Å²) in [6.07, 6.45) is -2.84. The van der Waals surface area contributed by atoms with E-state index in [1.165, 1.54) is 6.07 Å². The lowest BCUT2D eigenvalue weighted by atomic mass is 9.79. The van der Waals surface area contributed by atoms with Crippen molar-refractivity contribution in [1.82, 2.24) is 10.3 Å². The van der Waals surface area contributed by atoms with Gasteiger partial charge in [-0.3, -0.25) is 0 Å². The summed E-state index contributed by atoms with van der Waals surface area (Å²) in [5.41, 5.74) is -2.12. The van der Waals surface area contributed by atoms with E-state index in [4.69, 9.17) is 11.6 Å². The molecule has 1 aliphatic rings. The van der Waals surface area contributed by atoms with Crippen molar-refractivity contribution in [1.29, 1.82) is 0 Å². The average molecular weight is 309 g/mol. The highest BCUT2D eigenvalue weighted by Gasteiger charge is 2.38. The Kier molecular flexibility index (Phi) is 4.27. The van der Waals surface area contributed by atoms with Crippen LogP contribution in [0.3, 0.4) is 0 Å². The number of nitrogens with zero attached hydrogens (tertiary/aromatic N) is 1. The Morgan fingerprint density at radius 1 is 1.40 bits per heavy atom. The fourth-order valence-corrected chi connectivity index (χ4v) is 2.87. The molecule has 1 aliphatic heterocycles. The monoisotopic (exact) mass is 308 g/mol. The first-order chi connectivity index (χ1) is 9.23. The van der Waals surface area contributed by atoms with Gasteiger partial charge >= 0.3 is 6.18 Å². The third-order valence-electron chi connectivity index (χ3n) is 3.78. The first kappa shape index (κ1) is 15.5. The summed E-state index contributed by atoms with van der Waals surface area (Å²) in [6, 6.07) is 2.07. The minimum absolute atomic E-state index is 0.104. The summed E-state index contributed by atoms with van der Waals surface area (Å²) in [6.45, 7) is 3.05. The van der Waals surface area contributed by atoms with Crippen LogP contribution in [0.1, 0.15) is 31.0 Å². The van der Waals surface area contributed by atoms with Crippen LogP contribution in [0.15, 0.2) is 12.1 Å². The molecule has 0 amide bonds. The molecule has 1 fully saturated rings. The van der Waals surface area contributed by atoms with Crippen LogP contribution < -0.4 is 5.32 Å². The average Bonchev–Trinajstić information content (AvgIpc) is 2.38. The third-order valence-corrected chi connectivity index (χ3v) is 4.06. The molecule has 0 aliphatic carbocycles. The molecule has 2 N–H and O–H groups in total. The standard InChI is InChI=1S/C13H16ClF3N2O/c1-12(20,8-3-2-6-18-7-8)9-4-5-10(13(15,16)17)19-11(9)14/h4-5,8,18,20H,2-3,6-7H2,1H3. The molecule has 2 heterocycles. The lowest BCUT2D eigenvalue weighted by molar-refractivity contribution is -0.141. The lowest BCUT2D eigenvalue weighted by Gasteiger charge is -2.36. The third kappa shape index (κ3) is 3.07. The van der Waals surface area contributed by atoms with E-state index in [0.717, 1.165) is 25.5 Å². The highest BCUT2D eigenvalue weighted by molar-refractivity contribution is 6.30. The summed E-state index contributed by atoms with van der Waals surface area (Å²) in [4.78, 5) is 3.37. The van der Waals surface area contributed by atoms with E-state index in [-0.39, 0.29) is 16.6 Å². The zero-order chi connectivity index (χ0) is 15.0. The van der Waals surface area contributed by atoms with Crippen LogP contribution in [-0.2, 0) is 11.8 Å². The van der Waals surface area contributed by atoms with Gasteiger partial charge in [-0.1, -0.05) is 17.7 Å². The van der Waals surface area contributed by atoms with Gasteiger partial charge < -0.3 is 10.4 Å². The molecule has 0 radical (unpaired) electrons. The molecule has 1 saturated heterocycles. The van der Waals surface area contributed by atoms with Crippen LogP contribution in [0.5, 0.6) is 0 Å². The van der Waals surface area contributed by atoms with E-state index in [1.54, 1.807) is 6.92 Å². The first-order valence-corrected chi connectivity index (χ1v) is 6.78. The molecule has 0 bridgehead atoms. The molecule has 3 nitrogen and oxygen atoms in total. The number of aliphatic hydroxyl groups is 1. The second-order valence-corrected chi connectivity index (χ2v) is 5.58. The molecule has 7 heteroatoms. The Balaban J connectivity index is 2.32. The number of rotatable bonds is 2. The van der Waals surface area contributed by atoms with Gasteiger partial charge in [0.1, 0.15) is 10.8 Å². The maximum atomic E-state index is 12.6. The van der Waals surface area contributed by atoms with Crippen LogP contribution in [0, 0.1) is 5.92 Å². The summed E-state index contributed by atoms with van der Waals surface area (Å²) < 4.78 is 37.7. The van der Waals surface area contributed by atoms with Crippen molar-refractivity contribution in [3.63, 3.8) is 0 Å². The fraction of sp³-hybridized carbons (Fsp3) is 0.615. The smallest absolute Gasteiger partial charge is 0.385 e. The number of pyridine rings is 1. The van der Waals surface area contributed by atoms with Crippen molar-refractivity contribution in [3.8, 4) is 0 Å². The molecular formula is C13H16ClF3N2O. The molecule has 0 saturated carbocycles. The van der Waals surface area contributed by atoms with Crippen LogP contribution >= 0.6 is 11.6 Å². The van der Waals surface area contributed by atoms with Crippen LogP contribution in [-0.4, -0.2) is 23.2 Å². The van der Waals surface area contributed by atoms with Crippen molar-refractivity contribution in [3.05, 3.63) is 28.5 Å². The van der Waals surface area contributed by atoms with Crippen LogP contribution in [0.4, 0.5) is 13.2 Å². The summed E-state index contributed by atoms with van der Waals surface area (Å²) in [5, 5.41) is 13.5. The number of halogens is 4. The number of nitrogens with one attached hydrogen (secondary N) is 1. The Morgan fingerprint density at radius 2 is 2.10 bits per heavy atom. The van der Waals surface area contributed by atoms with E-state index in [9.17, 15) is 18.3 Å². The first-order valence-electron chi connectivity index (χ1n) is 6.40. The van der Waals surface area contributed by atoms with Gasteiger partial charge in [-0.25, -0.2) is 4.98 Å². The van der Waals surface area contributed by atoms with Gasteiger partial charge in [0, 0.05) is 18.0 Å². The lowest BCUT2D eigenvalue weighted by Crippen LogP contribution is -2.42. The number of aromatic nitrogens is 1. The van der Waals surface area contributed by atoms with Crippen molar-refractivity contribution in [2.75, 3.05) is 13.1 Å². The van der Waals surface area contributed by atoms with Gasteiger partial charge in [0.05, 0.1) is 5.60 Å². The number of alkyl halides is 3. The molecule has 2 unspecified atom stereocenters. The van der Waals surface area contributed by atoms with E-state index in [1.807, 2.05) is 0 Å². The molecule has 0 aromatic carbocycles. The van der Waals surface area contributed by atoms with Gasteiger partial charge in [0.15, 0.2) is 0 Å². The molecule has 20 heavy (non-hydrogen) atoms. The second-order valence-electron chi connectivity index (χ2n) is 5.22. The van der Waals surface area contributed by atoms with Gasteiger partial charge in [0.2, 0.25) is 0 Å². The van der Waals surface area contributed by atoms with E-state index in [2.05, 4.69) is 10.3 Å². The number of hydrogen-bond donors (Lipinski definition) is 2. The molecule has 2 atom stereocenters. The van der Waals surface area contributed by atoms with Gasteiger partial charge in [0.25, 0.3) is 0 Å². The quantitative estimate of drug-likeness (QED) is 0.826. The predicted molar refractivity (Wildman–Crippen MR) is 69.4 cm³/mol. The van der Waals surface area contributed by atoms with E-state index >= 15 is 0 Å². The molecule has 2 rings (SSSR count). The Bertz CT molecular complexity index is 485.